The average Bonchev–Trinajstić information content (AvgIpc) is 3.04. The molecule has 3 N–H and O–H groups in total. The quantitative estimate of drug-likeness (QED) is 0.793. The van der Waals surface area contributed by atoms with Crippen LogP contribution in [0.1, 0.15) is 44.2 Å². The third kappa shape index (κ3) is 3.88. The molecule has 0 bridgehead atoms. The molecule has 0 amide bonds. The molecule has 0 aromatic heterocycles. The molecule has 0 spiro atoms. The number of hydrogen-bond acceptors (Lipinski definition) is 4. The number of benzene rings is 2. The maximum atomic E-state index is 12.1. The molecule has 5 nitrogen and oxygen atoms in total. The average molecular weight is 390 g/mol. The molecule has 0 heterocycles. The van der Waals surface area contributed by atoms with Gasteiger partial charge < -0.3 is 9.84 Å². The van der Waals surface area contributed by atoms with Crippen LogP contribution in [0.25, 0.3) is 0 Å². The fourth-order valence-electron chi connectivity index (χ4n) is 4.04. The molecule has 1 aliphatic carbocycles. The molecule has 0 saturated heterocycles. The zero-order valence-corrected chi connectivity index (χ0v) is 16.6. The summed E-state index contributed by atoms with van der Waals surface area (Å²) in [6, 6.07) is 17.1. The van der Waals surface area contributed by atoms with Crippen LogP contribution in [0.3, 0.4) is 0 Å². The summed E-state index contributed by atoms with van der Waals surface area (Å²) >= 11 is 0. The largest absolute Gasteiger partial charge is 0.489 e. The van der Waals surface area contributed by atoms with Crippen molar-refractivity contribution < 1.29 is 18.3 Å². The van der Waals surface area contributed by atoms with Gasteiger partial charge in [0.05, 0.1) is 10.3 Å². The summed E-state index contributed by atoms with van der Waals surface area (Å²) in [4.78, 5) is 0. The maximum Gasteiger partial charge on any atom is 0.214 e. The second-order valence-electron chi connectivity index (χ2n) is 7.82. The van der Waals surface area contributed by atoms with Gasteiger partial charge in [-0.3, -0.25) is 0 Å². The van der Waals surface area contributed by atoms with Crippen LogP contribution in [0.2, 0.25) is 0 Å². The molecule has 1 fully saturated rings. The van der Waals surface area contributed by atoms with E-state index in [-0.39, 0.29) is 0 Å². The Balaban J connectivity index is 1.79. The third-order valence-corrected chi connectivity index (χ3v) is 7.55. The number of ether oxygens (including phenoxy) is 1. The minimum Gasteiger partial charge on any atom is -0.489 e. The topological polar surface area (TPSA) is 89.6 Å². The number of rotatable bonds is 6. The fraction of sp³-hybridized carbons (Fsp3) is 0.429. The predicted octanol–water partition coefficient (Wildman–Crippen LogP) is 3.32. The summed E-state index contributed by atoms with van der Waals surface area (Å²) in [5.74, 6) is 0.238. The van der Waals surface area contributed by atoms with Crippen LogP contribution in [0, 0.1) is 5.92 Å². The van der Waals surface area contributed by atoms with E-state index in [1.165, 1.54) is 0 Å². The number of primary sulfonamides is 1. The fourth-order valence-corrected chi connectivity index (χ4v) is 4.75. The van der Waals surface area contributed by atoms with Crippen molar-refractivity contribution in [3.63, 3.8) is 0 Å². The minimum atomic E-state index is -3.80. The van der Waals surface area contributed by atoms with E-state index in [1.807, 2.05) is 54.6 Å². The lowest BCUT2D eigenvalue weighted by molar-refractivity contribution is -0.0149. The summed E-state index contributed by atoms with van der Waals surface area (Å²) in [5, 5.41) is 16.8. The molecule has 2 atom stereocenters. The van der Waals surface area contributed by atoms with Gasteiger partial charge in [0.2, 0.25) is 10.0 Å². The Morgan fingerprint density at radius 1 is 1.15 bits per heavy atom. The first-order valence-electron chi connectivity index (χ1n) is 9.16. The lowest BCUT2D eigenvalue weighted by Gasteiger charge is -2.39. The van der Waals surface area contributed by atoms with E-state index in [9.17, 15) is 13.5 Å². The van der Waals surface area contributed by atoms with E-state index in [2.05, 4.69) is 0 Å². The van der Waals surface area contributed by atoms with E-state index < -0.39 is 26.3 Å². The lowest BCUT2D eigenvalue weighted by Crippen LogP contribution is -2.51. The molecule has 1 aliphatic rings. The molecule has 27 heavy (non-hydrogen) atoms. The van der Waals surface area contributed by atoms with Crippen molar-refractivity contribution in [3.05, 3.63) is 65.7 Å². The second kappa shape index (κ2) is 7.26. The zero-order chi connectivity index (χ0) is 19.7. The summed E-state index contributed by atoms with van der Waals surface area (Å²) in [6.07, 6.45) is 1.89. The molecule has 6 heteroatoms. The Bertz CT molecular complexity index is 878. The van der Waals surface area contributed by atoms with Crippen LogP contribution in [-0.2, 0) is 22.2 Å². The first kappa shape index (κ1) is 19.9. The number of hydrogen-bond donors (Lipinski definition) is 2. The highest BCUT2D eigenvalue weighted by Gasteiger charge is 2.54. The standard InChI is InChI=1S/C21H27NO4S/c1-20(2,27(22,24)25)19-9-6-14-21(19,23)17-10-12-18(13-11-17)26-15-16-7-4-3-5-8-16/h3-5,7-8,10-13,19,23H,6,9,14-15H2,1-2H3,(H2,22,24,25). The van der Waals surface area contributed by atoms with Gasteiger partial charge in [-0.1, -0.05) is 42.5 Å². The molecule has 2 aromatic rings. The van der Waals surface area contributed by atoms with Crippen LogP contribution >= 0.6 is 0 Å². The van der Waals surface area contributed by atoms with E-state index in [1.54, 1.807) is 13.8 Å². The van der Waals surface area contributed by atoms with Gasteiger partial charge in [0.15, 0.2) is 0 Å². The van der Waals surface area contributed by atoms with Crippen LogP contribution in [0.5, 0.6) is 5.75 Å². The highest BCUT2D eigenvalue weighted by atomic mass is 32.2. The van der Waals surface area contributed by atoms with Gasteiger partial charge in [-0.15, -0.1) is 0 Å². The Labute approximate surface area is 161 Å². The number of sulfonamides is 1. The highest BCUT2D eigenvalue weighted by Crippen LogP contribution is 2.50. The van der Waals surface area contributed by atoms with Crippen molar-refractivity contribution in [1.82, 2.24) is 0 Å². The van der Waals surface area contributed by atoms with Gasteiger partial charge in [0.1, 0.15) is 12.4 Å². The monoisotopic (exact) mass is 389 g/mol. The van der Waals surface area contributed by atoms with Gasteiger partial charge in [0.25, 0.3) is 0 Å². The molecule has 3 rings (SSSR count). The number of aliphatic hydroxyl groups is 1. The Morgan fingerprint density at radius 2 is 1.78 bits per heavy atom. The van der Waals surface area contributed by atoms with Gasteiger partial charge >= 0.3 is 0 Å². The smallest absolute Gasteiger partial charge is 0.214 e. The van der Waals surface area contributed by atoms with Crippen LogP contribution in [-0.4, -0.2) is 18.3 Å². The molecule has 2 aromatic carbocycles. The van der Waals surface area contributed by atoms with E-state index >= 15 is 0 Å². The molecule has 0 aliphatic heterocycles. The maximum absolute atomic E-state index is 12.1. The van der Waals surface area contributed by atoms with Gasteiger partial charge in [-0.05, 0) is 56.4 Å². The Hall–Kier alpha value is -1.89. The zero-order valence-electron chi connectivity index (χ0n) is 15.8. The minimum absolute atomic E-state index is 0.462. The van der Waals surface area contributed by atoms with Crippen molar-refractivity contribution in [1.29, 1.82) is 0 Å². The van der Waals surface area contributed by atoms with Crippen molar-refractivity contribution in [2.45, 2.75) is 50.1 Å². The first-order valence-corrected chi connectivity index (χ1v) is 10.7. The summed E-state index contributed by atoms with van der Waals surface area (Å²) in [7, 11) is -3.80. The molecule has 1 saturated carbocycles. The summed E-state index contributed by atoms with van der Waals surface area (Å²) < 4.78 is 28.7. The normalized spacial score (nSPS) is 23.3. The highest BCUT2D eigenvalue weighted by molar-refractivity contribution is 7.90. The summed E-state index contributed by atoms with van der Waals surface area (Å²) in [6.45, 7) is 3.66. The predicted molar refractivity (Wildman–Crippen MR) is 106 cm³/mol. The van der Waals surface area contributed by atoms with Crippen molar-refractivity contribution in [2.24, 2.45) is 11.1 Å². The van der Waals surface area contributed by atoms with Crippen molar-refractivity contribution >= 4 is 10.0 Å². The van der Waals surface area contributed by atoms with E-state index in [4.69, 9.17) is 9.88 Å². The van der Waals surface area contributed by atoms with Crippen LogP contribution < -0.4 is 9.88 Å². The van der Waals surface area contributed by atoms with Crippen LogP contribution in [0.4, 0.5) is 0 Å². The van der Waals surface area contributed by atoms with Crippen LogP contribution in [0.15, 0.2) is 54.6 Å². The van der Waals surface area contributed by atoms with Gasteiger partial charge in [-0.2, -0.15) is 0 Å². The Kier molecular flexibility index (Phi) is 5.34. The lowest BCUT2D eigenvalue weighted by atomic mass is 9.77. The van der Waals surface area contributed by atoms with Gasteiger partial charge in [0, 0.05) is 5.92 Å². The molecule has 0 radical (unpaired) electrons. The number of nitrogens with two attached hydrogens (primary N) is 1. The van der Waals surface area contributed by atoms with E-state index in [0.29, 0.717) is 30.8 Å². The van der Waals surface area contributed by atoms with Crippen molar-refractivity contribution in [2.75, 3.05) is 0 Å². The molecule has 2 unspecified atom stereocenters. The Morgan fingerprint density at radius 3 is 2.37 bits per heavy atom. The third-order valence-electron chi connectivity index (χ3n) is 5.80. The molecule has 146 valence electrons. The van der Waals surface area contributed by atoms with Gasteiger partial charge in [-0.25, -0.2) is 13.6 Å². The molecular formula is C21H27NO4S. The SMILES string of the molecule is CC(C)(C1CCCC1(O)c1ccc(OCc2ccccc2)cc1)S(N)(=O)=O. The second-order valence-corrected chi connectivity index (χ2v) is 9.96. The van der Waals surface area contributed by atoms with Crippen molar-refractivity contribution in [3.8, 4) is 5.75 Å². The molecular weight excluding hydrogens is 362 g/mol. The summed E-state index contributed by atoms with van der Waals surface area (Å²) in [5.41, 5.74) is 0.563. The van der Waals surface area contributed by atoms with E-state index in [0.717, 1.165) is 12.0 Å². The first-order chi connectivity index (χ1) is 12.6.